The van der Waals surface area contributed by atoms with Gasteiger partial charge in [0.25, 0.3) is 5.56 Å². The van der Waals surface area contributed by atoms with Gasteiger partial charge in [-0.05, 0) is 26.2 Å². The zero-order valence-electron chi connectivity index (χ0n) is 12.8. The van der Waals surface area contributed by atoms with E-state index >= 15 is 0 Å². The van der Waals surface area contributed by atoms with Crippen molar-refractivity contribution in [1.82, 2.24) is 20.3 Å². The van der Waals surface area contributed by atoms with E-state index in [0.717, 1.165) is 11.1 Å². The van der Waals surface area contributed by atoms with E-state index < -0.39 is 5.56 Å². The Morgan fingerprint density at radius 3 is 2.76 bits per heavy atom. The van der Waals surface area contributed by atoms with E-state index in [1.165, 1.54) is 0 Å². The van der Waals surface area contributed by atoms with Gasteiger partial charge in [0.2, 0.25) is 5.91 Å². The SMILES string of the molecule is Cc1nn(CC(=O)NCCC(C)C)c(=O)c2noc(C)c12. The number of carbonyl (C=O) groups is 1. The van der Waals surface area contributed by atoms with Gasteiger partial charge in [-0.3, -0.25) is 9.59 Å². The van der Waals surface area contributed by atoms with Crippen LogP contribution in [0.15, 0.2) is 9.32 Å². The number of amides is 1. The normalized spacial score (nSPS) is 11.3. The van der Waals surface area contributed by atoms with Crippen molar-refractivity contribution >= 4 is 16.8 Å². The molecule has 1 N–H and O–H groups in total. The molecule has 0 aliphatic heterocycles. The van der Waals surface area contributed by atoms with Gasteiger partial charge in [-0.25, -0.2) is 4.68 Å². The van der Waals surface area contributed by atoms with Crippen LogP contribution in [0.3, 0.4) is 0 Å². The molecule has 2 heterocycles. The van der Waals surface area contributed by atoms with Crippen molar-refractivity contribution in [1.29, 1.82) is 0 Å². The highest BCUT2D eigenvalue weighted by Gasteiger charge is 2.16. The minimum absolute atomic E-state index is 0.111. The van der Waals surface area contributed by atoms with Crippen LogP contribution in [0.2, 0.25) is 0 Å². The van der Waals surface area contributed by atoms with Crippen LogP contribution in [0.25, 0.3) is 10.9 Å². The third-order valence-electron chi connectivity index (χ3n) is 3.27. The van der Waals surface area contributed by atoms with Crippen LogP contribution in [-0.4, -0.2) is 27.4 Å². The first-order valence-electron chi connectivity index (χ1n) is 7.00. The Hall–Kier alpha value is -2.18. The molecule has 0 atom stereocenters. The molecule has 0 aliphatic rings. The molecule has 0 unspecified atom stereocenters. The lowest BCUT2D eigenvalue weighted by Crippen LogP contribution is -2.34. The summed E-state index contributed by atoms with van der Waals surface area (Å²) in [6.07, 6.45) is 0.897. The maximum atomic E-state index is 12.2. The molecule has 0 spiro atoms. The zero-order valence-corrected chi connectivity index (χ0v) is 12.8. The van der Waals surface area contributed by atoms with Gasteiger partial charge in [0.05, 0.1) is 11.1 Å². The van der Waals surface area contributed by atoms with Crippen molar-refractivity contribution in [2.45, 2.75) is 40.7 Å². The Morgan fingerprint density at radius 2 is 2.10 bits per heavy atom. The second kappa shape index (κ2) is 6.07. The van der Waals surface area contributed by atoms with Crippen LogP contribution in [0.5, 0.6) is 0 Å². The molecule has 1 amide bonds. The number of hydrogen-bond donors (Lipinski definition) is 1. The van der Waals surface area contributed by atoms with Gasteiger partial charge in [-0.1, -0.05) is 19.0 Å². The Morgan fingerprint density at radius 1 is 1.38 bits per heavy atom. The number of rotatable bonds is 5. The first-order valence-corrected chi connectivity index (χ1v) is 7.00. The van der Waals surface area contributed by atoms with Crippen LogP contribution >= 0.6 is 0 Å². The van der Waals surface area contributed by atoms with Crippen molar-refractivity contribution < 1.29 is 9.32 Å². The van der Waals surface area contributed by atoms with Crippen LogP contribution in [0.1, 0.15) is 31.7 Å². The first kappa shape index (κ1) is 15.2. The van der Waals surface area contributed by atoms with E-state index in [0.29, 0.717) is 29.3 Å². The molecule has 0 bridgehead atoms. The molecule has 2 aromatic heterocycles. The molecule has 0 radical (unpaired) electrons. The highest BCUT2D eigenvalue weighted by atomic mass is 16.5. The smallest absolute Gasteiger partial charge is 0.297 e. The standard InChI is InChI=1S/C14H20N4O3/c1-8(2)5-6-15-11(19)7-18-14(20)13-12(9(3)16-18)10(4)21-17-13/h8H,5-7H2,1-4H3,(H,15,19). The van der Waals surface area contributed by atoms with Crippen LogP contribution < -0.4 is 10.9 Å². The van der Waals surface area contributed by atoms with Gasteiger partial charge in [0.15, 0.2) is 5.52 Å². The summed E-state index contributed by atoms with van der Waals surface area (Å²) < 4.78 is 6.15. The topological polar surface area (TPSA) is 90.0 Å². The molecule has 2 aromatic rings. The number of nitrogens with zero attached hydrogens (tertiary/aromatic N) is 3. The predicted octanol–water partition coefficient (Wildman–Crippen LogP) is 1.16. The summed E-state index contributed by atoms with van der Waals surface area (Å²) in [5.74, 6) is 0.840. The quantitative estimate of drug-likeness (QED) is 0.893. The summed E-state index contributed by atoms with van der Waals surface area (Å²) in [7, 11) is 0. The number of aryl methyl sites for hydroxylation is 2. The van der Waals surface area contributed by atoms with Crippen LogP contribution in [0.4, 0.5) is 0 Å². The minimum atomic E-state index is -0.411. The fraction of sp³-hybridized carbons (Fsp3) is 0.571. The van der Waals surface area contributed by atoms with Crippen molar-refractivity contribution in [2.24, 2.45) is 5.92 Å². The average molecular weight is 292 g/mol. The van der Waals surface area contributed by atoms with Crippen molar-refractivity contribution in [3.8, 4) is 0 Å². The Labute approximate surface area is 122 Å². The average Bonchev–Trinajstić information content (AvgIpc) is 2.78. The maximum absolute atomic E-state index is 12.2. The van der Waals surface area contributed by atoms with Gasteiger partial charge < -0.3 is 9.84 Å². The van der Waals surface area contributed by atoms with Gasteiger partial charge in [0.1, 0.15) is 12.3 Å². The summed E-state index contributed by atoms with van der Waals surface area (Å²) in [4.78, 5) is 24.1. The number of fused-ring (bicyclic) bond motifs is 1. The second-order valence-electron chi connectivity index (χ2n) is 5.54. The number of nitrogens with one attached hydrogen (secondary N) is 1. The number of aromatic nitrogens is 3. The van der Waals surface area contributed by atoms with Gasteiger partial charge in [-0.15, -0.1) is 0 Å². The summed E-state index contributed by atoms with van der Waals surface area (Å²) in [5, 5.41) is 11.3. The summed E-state index contributed by atoms with van der Waals surface area (Å²) in [6, 6.07) is 0. The molecular weight excluding hydrogens is 272 g/mol. The van der Waals surface area contributed by atoms with Crippen molar-refractivity contribution in [3.05, 3.63) is 21.8 Å². The minimum Gasteiger partial charge on any atom is -0.360 e. The van der Waals surface area contributed by atoms with Gasteiger partial charge >= 0.3 is 0 Å². The van der Waals surface area contributed by atoms with E-state index in [4.69, 9.17) is 4.52 Å². The summed E-state index contributed by atoms with van der Waals surface area (Å²) in [6.45, 7) is 8.14. The molecule has 7 nitrogen and oxygen atoms in total. The molecule has 0 aliphatic carbocycles. The number of hydrogen-bond acceptors (Lipinski definition) is 5. The van der Waals surface area contributed by atoms with E-state index in [9.17, 15) is 9.59 Å². The third kappa shape index (κ3) is 3.29. The fourth-order valence-corrected chi connectivity index (χ4v) is 2.14. The van der Waals surface area contributed by atoms with E-state index in [1.807, 2.05) is 0 Å². The molecule has 0 fully saturated rings. The molecule has 21 heavy (non-hydrogen) atoms. The van der Waals surface area contributed by atoms with Gasteiger partial charge in [-0.2, -0.15) is 5.10 Å². The lowest BCUT2D eigenvalue weighted by molar-refractivity contribution is -0.121. The van der Waals surface area contributed by atoms with E-state index in [2.05, 4.69) is 29.4 Å². The highest BCUT2D eigenvalue weighted by molar-refractivity contribution is 5.82. The predicted molar refractivity (Wildman–Crippen MR) is 78.0 cm³/mol. The number of carbonyl (C=O) groups excluding carboxylic acids is 1. The lowest BCUT2D eigenvalue weighted by Gasteiger charge is -2.08. The summed E-state index contributed by atoms with van der Waals surface area (Å²) >= 11 is 0. The Kier molecular flexibility index (Phi) is 4.40. The molecule has 114 valence electrons. The molecule has 0 aromatic carbocycles. The van der Waals surface area contributed by atoms with Crippen molar-refractivity contribution in [2.75, 3.05) is 6.54 Å². The molecular formula is C14H20N4O3. The van der Waals surface area contributed by atoms with Crippen molar-refractivity contribution in [3.63, 3.8) is 0 Å². The van der Waals surface area contributed by atoms with Gasteiger partial charge in [0, 0.05) is 6.54 Å². The van der Waals surface area contributed by atoms with E-state index in [1.54, 1.807) is 13.8 Å². The summed E-state index contributed by atoms with van der Waals surface area (Å²) in [5.41, 5.74) is 0.430. The molecule has 0 saturated carbocycles. The van der Waals surface area contributed by atoms with Crippen LogP contribution in [0, 0.1) is 19.8 Å². The maximum Gasteiger partial charge on any atom is 0.297 e. The highest BCUT2D eigenvalue weighted by Crippen LogP contribution is 2.16. The monoisotopic (exact) mass is 292 g/mol. The zero-order chi connectivity index (χ0) is 15.6. The second-order valence-corrected chi connectivity index (χ2v) is 5.54. The Bertz CT molecular complexity index is 715. The largest absolute Gasteiger partial charge is 0.360 e. The lowest BCUT2D eigenvalue weighted by atomic mass is 10.1. The fourth-order valence-electron chi connectivity index (χ4n) is 2.14. The van der Waals surface area contributed by atoms with Crippen LogP contribution in [-0.2, 0) is 11.3 Å². The Balaban J connectivity index is 2.18. The first-order chi connectivity index (χ1) is 9.90. The molecule has 7 heteroatoms. The molecule has 2 rings (SSSR count). The third-order valence-corrected chi connectivity index (χ3v) is 3.27. The van der Waals surface area contributed by atoms with E-state index in [-0.39, 0.29) is 18.0 Å². The molecule has 0 saturated heterocycles.